The highest BCUT2D eigenvalue weighted by atomic mass is 79.9. The molecule has 0 aliphatic carbocycles. The molecule has 1 N–H and O–H groups in total. The summed E-state index contributed by atoms with van der Waals surface area (Å²) in [7, 11) is 1.68. The van der Waals surface area contributed by atoms with Crippen molar-refractivity contribution < 1.29 is 9.84 Å². The lowest BCUT2D eigenvalue weighted by molar-refractivity contribution is 0.287. The predicted octanol–water partition coefficient (Wildman–Crippen LogP) is 3.68. The summed E-state index contributed by atoms with van der Waals surface area (Å²) >= 11 is 3.56. The van der Waals surface area contributed by atoms with E-state index in [-0.39, 0.29) is 12.0 Å². The molecule has 17 heavy (non-hydrogen) atoms. The minimum Gasteiger partial charge on any atom is -0.495 e. The number of hydrogen-bond donors (Lipinski definition) is 1. The van der Waals surface area contributed by atoms with Crippen LogP contribution in [0.3, 0.4) is 0 Å². The van der Waals surface area contributed by atoms with Crippen LogP contribution < -0.4 is 4.74 Å². The molecule has 0 fully saturated rings. The van der Waals surface area contributed by atoms with Gasteiger partial charge in [-0.1, -0.05) is 26.8 Å². The number of aryl methyl sites for hydroxylation is 1. The lowest BCUT2D eigenvalue weighted by Crippen LogP contribution is -2.12. The minimum atomic E-state index is 0.114. The molecule has 0 bridgehead atoms. The fourth-order valence-electron chi connectivity index (χ4n) is 1.77. The van der Waals surface area contributed by atoms with Crippen molar-refractivity contribution in [3.05, 3.63) is 27.7 Å². The standard InChI is InChI=1S/C14H21BrO2/c1-14(2,3)11-8-10(6-5-7-16)13(17-4)12(15)9-11/h8-9,16H,5-7H2,1-4H3. The molecule has 1 aromatic carbocycles. The topological polar surface area (TPSA) is 29.5 Å². The van der Waals surface area contributed by atoms with Gasteiger partial charge in [-0.3, -0.25) is 0 Å². The molecule has 0 saturated heterocycles. The van der Waals surface area contributed by atoms with E-state index in [1.54, 1.807) is 7.11 Å². The van der Waals surface area contributed by atoms with Crippen molar-refractivity contribution in [1.29, 1.82) is 0 Å². The molecule has 3 heteroatoms. The fraction of sp³-hybridized carbons (Fsp3) is 0.571. The number of ether oxygens (including phenoxy) is 1. The first kappa shape index (κ1) is 14.5. The Labute approximate surface area is 112 Å². The Morgan fingerprint density at radius 1 is 1.29 bits per heavy atom. The van der Waals surface area contributed by atoms with E-state index < -0.39 is 0 Å². The summed E-state index contributed by atoms with van der Waals surface area (Å²) in [6.45, 7) is 6.78. The second-order valence-corrected chi connectivity index (χ2v) is 6.08. The Morgan fingerprint density at radius 2 is 1.94 bits per heavy atom. The smallest absolute Gasteiger partial charge is 0.136 e. The molecule has 1 rings (SSSR count). The highest BCUT2D eigenvalue weighted by Gasteiger charge is 2.18. The summed E-state index contributed by atoms with van der Waals surface area (Å²) in [5, 5.41) is 8.94. The first-order chi connectivity index (χ1) is 7.90. The Kier molecular flexibility index (Phi) is 5.02. The van der Waals surface area contributed by atoms with Crippen molar-refractivity contribution in [3.8, 4) is 5.75 Å². The van der Waals surface area contributed by atoms with Crippen LogP contribution in [0.5, 0.6) is 5.75 Å². The van der Waals surface area contributed by atoms with Gasteiger partial charge in [0.25, 0.3) is 0 Å². The third kappa shape index (κ3) is 3.71. The molecule has 2 nitrogen and oxygen atoms in total. The van der Waals surface area contributed by atoms with Gasteiger partial charge in [-0.2, -0.15) is 0 Å². The van der Waals surface area contributed by atoms with Gasteiger partial charge in [-0.05, 0) is 51.4 Å². The van der Waals surface area contributed by atoms with Gasteiger partial charge in [0.15, 0.2) is 0 Å². The third-order valence-corrected chi connectivity index (χ3v) is 3.38. The molecule has 0 aliphatic heterocycles. The van der Waals surface area contributed by atoms with Crippen LogP contribution in [0.4, 0.5) is 0 Å². The number of benzene rings is 1. The Bertz CT molecular complexity index is 381. The van der Waals surface area contributed by atoms with Crippen molar-refractivity contribution >= 4 is 15.9 Å². The molecular formula is C14H21BrO2. The van der Waals surface area contributed by atoms with Gasteiger partial charge in [0.2, 0.25) is 0 Å². The number of aliphatic hydroxyl groups is 1. The van der Waals surface area contributed by atoms with E-state index in [0.29, 0.717) is 0 Å². The molecule has 0 unspecified atom stereocenters. The van der Waals surface area contributed by atoms with Crippen LogP contribution in [0.15, 0.2) is 16.6 Å². The molecule has 1 aromatic rings. The molecule has 0 aromatic heterocycles. The molecular weight excluding hydrogens is 280 g/mol. The molecule has 0 aliphatic rings. The largest absolute Gasteiger partial charge is 0.495 e. The summed E-state index contributed by atoms with van der Waals surface area (Å²) in [5.41, 5.74) is 2.54. The normalized spacial score (nSPS) is 11.6. The fourth-order valence-corrected chi connectivity index (χ4v) is 2.43. The quantitative estimate of drug-likeness (QED) is 0.919. The molecule has 0 saturated carbocycles. The van der Waals surface area contributed by atoms with E-state index >= 15 is 0 Å². The summed E-state index contributed by atoms with van der Waals surface area (Å²) < 4.78 is 6.40. The van der Waals surface area contributed by atoms with Crippen molar-refractivity contribution in [2.24, 2.45) is 0 Å². The summed E-state index contributed by atoms with van der Waals surface area (Å²) in [5.74, 6) is 0.881. The third-order valence-electron chi connectivity index (χ3n) is 2.79. The van der Waals surface area contributed by atoms with E-state index in [2.05, 4.69) is 48.8 Å². The second kappa shape index (κ2) is 5.87. The molecule has 0 amide bonds. The maximum absolute atomic E-state index is 8.94. The molecule has 0 radical (unpaired) electrons. The molecule has 96 valence electrons. The van der Waals surface area contributed by atoms with E-state index in [1.165, 1.54) is 5.56 Å². The van der Waals surface area contributed by atoms with Crippen LogP contribution in [0.2, 0.25) is 0 Å². The minimum absolute atomic E-state index is 0.114. The zero-order valence-corrected chi connectivity index (χ0v) is 12.6. The van der Waals surface area contributed by atoms with E-state index in [0.717, 1.165) is 28.6 Å². The van der Waals surface area contributed by atoms with E-state index in [1.807, 2.05) is 0 Å². The first-order valence-corrected chi connectivity index (χ1v) is 6.67. The average Bonchev–Trinajstić information content (AvgIpc) is 2.24. The number of rotatable bonds is 4. The van der Waals surface area contributed by atoms with Crippen LogP contribution in [0, 0.1) is 0 Å². The van der Waals surface area contributed by atoms with Crippen molar-refractivity contribution in [3.63, 3.8) is 0 Å². The first-order valence-electron chi connectivity index (χ1n) is 5.88. The van der Waals surface area contributed by atoms with Gasteiger partial charge in [0.1, 0.15) is 5.75 Å². The van der Waals surface area contributed by atoms with E-state index in [9.17, 15) is 0 Å². The number of hydrogen-bond acceptors (Lipinski definition) is 2. The lowest BCUT2D eigenvalue weighted by atomic mass is 9.85. The van der Waals surface area contributed by atoms with Gasteiger partial charge in [-0.15, -0.1) is 0 Å². The molecule has 0 heterocycles. The Balaban J connectivity index is 3.19. The highest BCUT2D eigenvalue weighted by Crippen LogP contribution is 2.35. The number of halogens is 1. The summed E-state index contributed by atoms with van der Waals surface area (Å²) in [6.07, 6.45) is 1.60. The van der Waals surface area contributed by atoms with Gasteiger partial charge >= 0.3 is 0 Å². The van der Waals surface area contributed by atoms with Gasteiger partial charge < -0.3 is 9.84 Å². The summed E-state index contributed by atoms with van der Waals surface area (Å²) in [4.78, 5) is 0. The van der Waals surface area contributed by atoms with E-state index in [4.69, 9.17) is 9.84 Å². The highest BCUT2D eigenvalue weighted by molar-refractivity contribution is 9.10. The zero-order valence-electron chi connectivity index (χ0n) is 11.0. The molecule has 0 atom stereocenters. The van der Waals surface area contributed by atoms with Gasteiger partial charge in [0.05, 0.1) is 11.6 Å². The van der Waals surface area contributed by atoms with Crippen LogP contribution in [-0.4, -0.2) is 18.8 Å². The van der Waals surface area contributed by atoms with Crippen LogP contribution in [0.25, 0.3) is 0 Å². The molecule has 0 spiro atoms. The monoisotopic (exact) mass is 300 g/mol. The number of methoxy groups -OCH3 is 1. The second-order valence-electron chi connectivity index (χ2n) is 5.23. The van der Waals surface area contributed by atoms with Crippen LogP contribution in [0.1, 0.15) is 38.3 Å². The zero-order chi connectivity index (χ0) is 13.1. The Hall–Kier alpha value is -0.540. The van der Waals surface area contributed by atoms with Gasteiger partial charge in [-0.25, -0.2) is 0 Å². The van der Waals surface area contributed by atoms with Crippen molar-refractivity contribution in [1.82, 2.24) is 0 Å². The number of aliphatic hydroxyl groups excluding tert-OH is 1. The summed E-state index contributed by atoms with van der Waals surface area (Å²) in [6, 6.07) is 4.29. The SMILES string of the molecule is COc1c(Br)cc(C(C)(C)C)cc1CCCO. The van der Waals surface area contributed by atoms with Crippen molar-refractivity contribution in [2.45, 2.75) is 39.0 Å². The maximum Gasteiger partial charge on any atom is 0.136 e. The lowest BCUT2D eigenvalue weighted by Gasteiger charge is -2.22. The van der Waals surface area contributed by atoms with Crippen molar-refractivity contribution in [2.75, 3.05) is 13.7 Å². The predicted molar refractivity (Wildman–Crippen MR) is 74.8 cm³/mol. The Morgan fingerprint density at radius 3 is 2.41 bits per heavy atom. The van der Waals surface area contributed by atoms with Crippen LogP contribution >= 0.6 is 15.9 Å². The van der Waals surface area contributed by atoms with Crippen LogP contribution in [-0.2, 0) is 11.8 Å². The van der Waals surface area contributed by atoms with Gasteiger partial charge in [0, 0.05) is 6.61 Å². The maximum atomic E-state index is 8.94. The average molecular weight is 301 g/mol.